The van der Waals surface area contributed by atoms with Crippen LogP contribution in [0.5, 0.6) is 0 Å². The lowest BCUT2D eigenvalue weighted by molar-refractivity contribution is 0.0690. The van der Waals surface area contributed by atoms with Gasteiger partial charge >= 0.3 is 5.97 Å². The van der Waals surface area contributed by atoms with Crippen molar-refractivity contribution in [3.05, 3.63) is 18.0 Å². The van der Waals surface area contributed by atoms with Crippen LogP contribution in [-0.2, 0) is 0 Å². The van der Waals surface area contributed by atoms with E-state index >= 15 is 0 Å². The maximum absolute atomic E-state index is 11.1. The molecule has 3 rings (SSSR count). The van der Waals surface area contributed by atoms with Crippen molar-refractivity contribution in [3.8, 4) is 0 Å². The first-order chi connectivity index (χ1) is 10.1. The van der Waals surface area contributed by atoms with Gasteiger partial charge in [-0.15, -0.1) is 0 Å². The highest BCUT2D eigenvalue weighted by Crippen LogP contribution is 2.22. The van der Waals surface area contributed by atoms with Crippen molar-refractivity contribution in [3.63, 3.8) is 0 Å². The molecule has 0 bridgehead atoms. The van der Waals surface area contributed by atoms with Crippen molar-refractivity contribution < 1.29 is 9.90 Å². The number of carboxylic acid groups (broad SMARTS) is 1. The number of carbonyl (C=O) groups is 1. The Balaban J connectivity index is 1.79. The summed E-state index contributed by atoms with van der Waals surface area (Å²) in [5.41, 5.74) is 0.0429. The van der Waals surface area contributed by atoms with Gasteiger partial charge in [0.15, 0.2) is 5.69 Å². The SMILES string of the molecule is CN1CCN(c2nccc(C(=O)O)n2)C(NC2CCC2)C1. The van der Waals surface area contributed by atoms with E-state index in [4.69, 9.17) is 5.11 Å². The Morgan fingerprint density at radius 1 is 1.43 bits per heavy atom. The number of aromatic nitrogens is 2. The molecule has 2 aliphatic rings. The van der Waals surface area contributed by atoms with E-state index in [9.17, 15) is 4.79 Å². The Hall–Kier alpha value is -1.73. The number of hydrogen-bond acceptors (Lipinski definition) is 6. The number of anilines is 1. The summed E-state index contributed by atoms with van der Waals surface area (Å²) in [4.78, 5) is 23.9. The summed E-state index contributed by atoms with van der Waals surface area (Å²) in [5, 5.41) is 12.7. The van der Waals surface area contributed by atoms with Crippen molar-refractivity contribution in [1.29, 1.82) is 0 Å². The first-order valence-corrected chi connectivity index (χ1v) is 7.41. The molecular weight excluding hydrogens is 270 g/mol. The van der Waals surface area contributed by atoms with Crippen LogP contribution in [0.3, 0.4) is 0 Å². The standard InChI is InChI=1S/C14H21N5O2/c1-18-7-8-19(12(9-18)16-10-3-2-4-10)14-15-6-5-11(17-14)13(20)21/h5-6,10,12,16H,2-4,7-9H2,1H3,(H,20,21). The Morgan fingerprint density at radius 3 is 2.90 bits per heavy atom. The first kappa shape index (κ1) is 14.2. The molecule has 0 aromatic carbocycles. The van der Waals surface area contributed by atoms with Gasteiger partial charge in [0.05, 0.1) is 6.17 Å². The summed E-state index contributed by atoms with van der Waals surface area (Å²) < 4.78 is 0. The summed E-state index contributed by atoms with van der Waals surface area (Å²) in [6.45, 7) is 2.60. The summed E-state index contributed by atoms with van der Waals surface area (Å²) >= 11 is 0. The van der Waals surface area contributed by atoms with Gasteiger partial charge in [0, 0.05) is 31.9 Å². The molecule has 1 saturated carbocycles. The van der Waals surface area contributed by atoms with E-state index < -0.39 is 5.97 Å². The fourth-order valence-electron chi connectivity index (χ4n) is 2.75. The molecule has 1 aromatic rings. The molecule has 2 N–H and O–H groups in total. The third-order valence-corrected chi connectivity index (χ3v) is 4.24. The van der Waals surface area contributed by atoms with Crippen LogP contribution in [0.25, 0.3) is 0 Å². The number of nitrogens with one attached hydrogen (secondary N) is 1. The number of rotatable bonds is 4. The van der Waals surface area contributed by atoms with Gasteiger partial charge < -0.3 is 14.9 Å². The summed E-state index contributed by atoms with van der Waals surface area (Å²) in [6, 6.07) is 1.99. The minimum Gasteiger partial charge on any atom is -0.477 e. The Kier molecular flexibility index (Phi) is 4.03. The second-order valence-electron chi connectivity index (χ2n) is 5.81. The molecule has 1 unspecified atom stereocenters. The van der Waals surface area contributed by atoms with Gasteiger partial charge in [0.2, 0.25) is 5.95 Å². The fourth-order valence-corrected chi connectivity index (χ4v) is 2.75. The number of hydrogen-bond donors (Lipinski definition) is 2. The van der Waals surface area contributed by atoms with Crippen LogP contribution in [0.1, 0.15) is 29.8 Å². The number of piperazine rings is 1. The molecule has 0 radical (unpaired) electrons. The number of nitrogens with zero attached hydrogens (tertiary/aromatic N) is 4. The molecule has 7 nitrogen and oxygen atoms in total. The molecule has 1 aliphatic heterocycles. The Labute approximate surface area is 124 Å². The highest BCUT2D eigenvalue weighted by molar-refractivity contribution is 5.85. The smallest absolute Gasteiger partial charge is 0.354 e. The van der Waals surface area contributed by atoms with E-state index in [1.165, 1.54) is 31.5 Å². The van der Waals surface area contributed by atoms with Crippen molar-refractivity contribution in [2.45, 2.75) is 31.5 Å². The molecule has 114 valence electrons. The lowest BCUT2D eigenvalue weighted by Crippen LogP contribution is -2.61. The second-order valence-corrected chi connectivity index (χ2v) is 5.81. The van der Waals surface area contributed by atoms with Crippen LogP contribution >= 0.6 is 0 Å². The van der Waals surface area contributed by atoms with Gasteiger partial charge in [0.25, 0.3) is 0 Å². The average Bonchev–Trinajstić information content (AvgIpc) is 2.43. The molecule has 21 heavy (non-hydrogen) atoms. The van der Waals surface area contributed by atoms with Crippen molar-refractivity contribution in [2.24, 2.45) is 0 Å². The zero-order valence-electron chi connectivity index (χ0n) is 12.2. The molecule has 2 heterocycles. The van der Waals surface area contributed by atoms with Gasteiger partial charge in [-0.05, 0) is 26.0 Å². The summed E-state index contributed by atoms with van der Waals surface area (Å²) in [7, 11) is 2.10. The largest absolute Gasteiger partial charge is 0.477 e. The third kappa shape index (κ3) is 3.14. The van der Waals surface area contributed by atoms with Gasteiger partial charge in [-0.2, -0.15) is 0 Å². The third-order valence-electron chi connectivity index (χ3n) is 4.24. The molecule has 1 aliphatic carbocycles. The lowest BCUT2D eigenvalue weighted by atomic mass is 9.93. The van der Waals surface area contributed by atoms with E-state index in [-0.39, 0.29) is 11.9 Å². The quantitative estimate of drug-likeness (QED) is 0.830. The first-order valence-electron chi connectivity index (χ1n) is 7.41. The van der Waals surface area contributed by atoms with Crippen LogP contribution in [0.2, 0.25) is 0 Å². The molecule has 0 spiro atoms. The highest BCUT2D eigenvalue weighted by Gasteiger charge is 2.30. The molecule has 1 aromatic heterocycles. The number of likely N-dealkylation sites (N-methyl/N-ethyl adjacent to an activating group) is 1. The normalized spacial score (nSPS) is 23.9. The molecule has 2 fully saturated rings. The summed E-state index contributed by atoms with van der Waals surface area (Å²) in [6.07, 6.45) is 5.36. The monoisotopic (exact) mass is 291 g/mol. The zero-order chi connectivity index (χ0) is 14.8. The minimum atomic E-state index is -1.02. The predicted octanol–water partition coefficient (Wildman–Crippen LogP) is 0.395. The molecule has 0 amide bonds. The topological polar surface area (TPSA) is 81.6 Å². The van der Waals surface area contributed by atoms with Crippen LogP contribution in [0.15, 0.2) is 12.3 Å². The average molecular weight is 291 g/mol. The van der Waals surface area contributed by atoms with Crippen molar-refractivity contribution in [2.75, 3.05) is 31.6 Å². The van der Waals surface area contributed by atoms with E-state index in [0.29, 0.717) is 12.0 Å². The minimum absolute atomic E-state index is 0.0429. The van der Waals surface area contributed by atoms with E-state index in [1.54, 1.807) is 0 Å². The lowest BCUT2D eigenvalue weighted by Gasteiger charge is -2.43. The van der Waals surface area contributed by atoms with Gasteiger partial charge in [0.1, 0.15) is 0 Å². The maximum atomic E-state index is 11.1. The van der Waals surface area contributed by atoms with E-state index in [1.807, 2.05) is 0 Å². The van der Waals surface area contributed by atoms with Crippen molar-refractivity contribution >= 4 is 11.9 Å². The van der Waals surface area contributed by atoms with Crippen LogP contribution in [-0.4, -0.2) is 64.8 Å². The molecule has 1 saturated heterocycles. The zero-order valence-corrected chi connectivity index (χ0v) is 12.2. The van der Waals surface area contributed by atoms with E-state index in [0.717, 1.165) is 19.6 Å². The number of aromatic carboxylic acids is 1. The summed E-state index contributed by atoms with van der Waals surface area (Å²) in [5.74, 6) is -0.517. The van der Waals surface area contributed by atoms with Gasteiger partial charge in [-0.25, -0.2) is 14.8 Å². The van der Waals surface area contributed by atoms with E-state index in [2.05, 4.69) is 32.1 Å². The maximum Gasteiger partial charge on any atom is 0.354 e. The molecule has 1 atom stereocenters. The van der Waals surface area contributed by atoms with Gasteiger partial charge in [-0.1, -0.05) is 6.42 Å². The predicted molar refractivity (Wildman–Crippen MR) is 78.4 cm³/mol. The highest BCUT2D eigenvalue weighted by atomic mass is 16.4. The Bertz CT molecular complexity index is 520. The van der Waals surface area contributed by atoms with Crippen LogP contribution in [0, 0.1) is 0 Å². The van der Waals surface area contributed by atoms with Crippen LogP contribution in [0.4, 0.5) is 5.95 Å². The number of carboxylic acids is 1. The fraction of sp³-hybridized carbons (Fsp3) is 0.643. The van der Waals surface area contributed by atoms with Crippen LogP contribution < -0.4 is 10.2 Å². The second kappa shape index (κ2) is 5.95. The Morgan fingerprint density at radius 2 is 2.24 bits per heavy atom. The van der Waals surface area contributed by atoms with Gasteiger partial charge in [-0.3, -0.25) is 5.32 Å². The molecular formula is C14H21N5O2. The molecule has 7 heteroatoms. The van der Waals surface area contributed by atoms with Crippen molar-refractivity contribution in [1.82, 2.24) is 20.2 Å².